The van der Waals surface area contributed by atoms with Gasteiger partial charge in [-0.05, 0) is 56.2 Å². The van der Waals surface area contributed by atoms with Crippen molar-refractivity contribution in [2.24, 2.45) is 5.73 Å². The quantitative estimate of drug-likeness (QED) is 0.552. The van der Waals surface area contributed by atoms with Crippen LogP contribution >= 0.6 is 0 Å². The topological polar surface area (TPSA) is 55.6 Å². The summed E-state index contributed by atoms with van der Waals surface area (Å²) in [6.45, 7) is 7.01. The molecule has 1 aliphatic heterocycles. The highest BCUT2D eigenvalue weighted by Gasteiger charge is 2.45. The third-order valence-corrected chi connectivity index (χ3v) is 7.32. The zero-order valence-electron chi connectivity index (χ0n) is 19.9. The molecule has 1 atom stereocenters. The molecule has 0 radical (unpaired) electrons. The highest BCUT2D eigenvalue weighted by molar-refractivity contribution is 5.91. The Balaban J connectivity index is 1.43. The number of nitrogens with two attached hydrogens (primary N) is 1. The van der Waals surface area contributed by atoms with Crippen molar-refractivity contribution in [3.8, 4) is 0 Å². The first kappa shape index (κ1) is 23.5. The van der Waals surface area contributed by atoms with E-state index in [2.05, 4.69) is 49.1 Å². The normalized spacial score (nSPS) is 18.9. The molecule has 2 aliphatic rings. The van der Waals surface area contributed by atoms with E-state index in [1.165, 1.54) is 5.56 Å². The first-order chi connectivity index (χ1) is 15.9. The molecule has 2 aromatic carbocycles. The second-order valence-electron chi connectivity index (χ2n) is 9.91. The van der Waals surface area contributed by atoms with E-state index < -0.39 is 5.41 Å². The van der Waals surface area contributed by atoms with E-state index in [1.54, 1.807) is 0 Å². The van der Waals surface area contributed by atoms with Gasteiger partial charge < -0.3 is 10.5 Å². The molecule has 1 amide bonds. The van der Waals surface area contributed by atoms with Crippen LogP contribution in [0.2, 0.25) is 0 Å². The molecule has 0 bridgehead atoms. The van der Waals surface area contributed by atoms with Gasteiger partial charge in [0.15, 0.2) is 0 Å². The zero-order valence-corrected chi connectivity index (χ0v) is 19.9. The Morgan fingerprint density at radius 2 is 1.67 bits per heavy atom. The molecule has 1 fully saturated rings. The van der Waals surface area contributed by atoms with Crippen LogP contribution in [0.4, 0.5) is 0 Å². The number of carbonyl (C=O) groups excluding carboxylic acids is 1. The van der Waals surface area contributed by atoms with Gasteiger partial charge >= 0.3 is 0 Å². The van der Waals surface area contributed by atoms with Gasteiger partial charge in [0.2, 0.25) is 5.91 Å². The summed E-state index contributed by atoms with van der Waals surface area (Å²) in [6, 6.07) is 20.4. The Kier molecular flexibility index (Phi) is 7.16. The number of primary amides is 1. The molecule has 1 aliphatic carbocycles. The first-order valence-electron chi connectivity index (χ1n) is 12.0. The number of nitrogens with zero attached hydrogens (tertiary/aromatic N) is 1. The number of ether oxygens (including phenoxy) is 1. The summed E-state index contributed by atoms with van der Waals surface area (Å²) in [6.07, 6.45) is 10.2. The first-order valence-corrected chi connectivity index (χ1v) is 12.0. The number of hydrogen-bond donors (Lipinski definition) is 1. The Labute approximate surface area is 198 Å². The summed E-state index contributed by atoms with van der Waals surface area (Å²) < 4.78 is 6.10. The van der Waals surface area contributed by atoms with Crippen LogP contribution in [-0.2, 0) is 21.6 Å². The molecule has 4 heteroatoms. The largest absolute Gasteiger partial charge is 0.371 e. The second-order valence-corrected chi connectivity index (χ2v) is 9.91. The lowest BCUT2D eigenvalue weighted by Gasteiger charge is -2.50. The van der Waals surface area contributed by atoms with E-state index in [0.717, 1.165) is 43.5 Å². The lowest BCUT2D eigenvalue weighted by atomic mass is 9.67. The van der Waals surface area contributed by atoms with Gasteiger partial charge in [-0.15, -0.1) is 0 Å². The summed E-state index contributed by atoms with van der Waals surface area (Å²) in [5.74, 6) is -0.269. The minimum Gasteiger partial charge on any atom is -0.371 e. The Bertz CT molecular complexity index is 991. The molecule has 33 heavy (non-hydrogen) atoms. The second kappa shape index (κ2) is 10.1. The smallest absolute Gasteiger partial charge is 0.232 e. The Morgan fingerprint density at radius 1 is 1.00 bits per heavy atom. The van der Waals surface area contributed by atoms with Crippen LogP contribution < -0.4 is 5.73 Å². The van der Waals surface area contributed by atoms with Gasteiger partial charge in [0.05, 0.1) is 18.1 Å². The van der Waals surface area contributed by atoms with Crippen LogP contribution in [0.15, 0.2) is 84.5 Å². The molecular formula is C29H36N2O2. The molecule has 1 saturated heterocycles. The van der Waals surface area contributed by atoms with Crippen LogP contribution in [0.1, 0.15) is 50.7 Å². The number of allylic oxidation sites excluding steroid dienone is 3. The SMILES string of the molecule is CC(C)(CCC(C(N)=O)(C1=CCCC=C1)c1ccccc1)N1CC(OCc2ccccc2)C1. The van der Waals surface area contributed by atoms with Crippen molar-refractivity contribution >= 4 is 5.91 Å². The molecule has 174 valence electrons. The van der Waals surface area contributed by atoms with Gasteiger partial charge in [-0.3, -0.25) is 9.69 Å². The fourth-order valence-electron chi connectivity index (χ4n) is 4.99. The molecule has 4 nitrogen and oxygen atoms in total. The number of hydrogen-bond acceptors (Lipinski definition) is 3. The van der Waals surface area contributed by atoms with Gasteiger partial charge in [0.25, 0.3) is 0 Å². The molecule has 2 aromatic rings. The average molecular weight is 445 g/mol. The summed E-state index contributed by atoms with van der Waals surface area (Å²) in [7, 11) is 0. The molecule has 0 spiro atoms. The predicted molar refractivity (Wildman–Crippen MR) is 134 cm³/mol. The van der Waals surface area contributed by atoms with Gasteiger partial charge in [0, 0.05) is 18.6 Å². The van der Waals surface area contributed by atoms with Crippen LogP contribution in [0.25, 0.3) is 0 Å². The monoisotopic (exact) mass is 444 g/mol. The maximum Gasteiger partial charge on any atom is 0.232 e. The third-order valence-electron chi connectivity index (χ3n) is 7.32. The van der Waals surface area contributed by atoms with Gasteiger partial charge in [-0.1, -0.05) is 78.9 Å². The highest BCUT2D eigenvalue weighted by atomic mass is 16.5. The highest BCUT2D eigenvalue weighted by Crippen LogP contribution is 2.42. The number of likely N-dealkylation sites (tertiary alicyclic amines) is 1. The number of benzene rings is 2. The van der Waals surface area contributed by atoms with Crippen molar-refractivity contribution in [1.82, 2.24) is 4.90 Å². The maximum atomic E-state index is 13.1. The van der Waals surface area contributed by atoms with Gasteiger partial charge in [0.1, 0.15) is 0 Å². The lowest BCUT2D eigenvalue weighted by Crippen LogP contribution is -2.61. The van der Waals surface area contributed by atoms with E-state index in [4.69, 9.17) is 10.5 Å². The van der Waals surface area contributed by atoms with Crippen molar-refractivity contribution in [3.05, 3.63) is 95.6 Å². The van der Waals surface area contributed by atoms with E-state index >= 15 is 0 Å². The summed E-state index contributed by atoms with van der Waals surface area (Å²) in [5.41, 5.74) is 8.53. The average Bonchev–Trinajstić information content (AvgIpc) is 2.80. The molecule has 4 rings (SSSR count). The predicted octanol–water partition coefficient (Wildman–Crippen LogP) is 5.15. The molecule has 1 heterocycles. The number of rotatable bonds is 10. The molecule has 2 N–H and O–H groups in total. The Morgan fingerprint density at radius 3 is 2.27 bits per heavy atom. The minimum absolute atomic E-state index is 0.0545. The van der Waals surface area contributed by atoms with Crippen LogP contribution in [0, 0.1) is 0 Å². The van der Waals surface area contributed by atoms with Crippen molar-refractivity contribution in [1.29, 1.82) is 0 Å². The zero-order chi connectivity index (χ0) is 23.3. The minimum atomic E-state index is -0.802. The van der Waals surface area contributed by atoms with Gasteiger partial charge in [-0.2, -0.15) is 0 Å². The van der Waals surface area contributed by atoms with E-state index in [0.29, 0.717) is 13.0 Å². The van der Waals surface area contributed by atoms with Crippen molar-refractivity contribution in [2.45, 2.75) is 63.2 Å². The van der Waals surface area contributed by atoms with Crippen molar-refractivity contribution < 1.29 is 9.53 Å². The van der Waals surface area contributed by atoms with Crippen molar-refractivity contribution in [2.75, 3.05) is 13.1 Å². The maximum absolute atomic E-state index is 13.1. The summed E-state index contributed by atoms with van der Waals surface area (Å²) in [5, 5.41) is 0. The molecule has 0 aromatic heterocycles. The third kappa shape index (κ3) is 5.13. The van der Waals surface area contributed by atoms with E-state index in [9.17, 15) is 4.79 Å². The summed E-state index contributed by atoms with van der Waals surface area (Å²) >= 11 is 0. The fraction of sp³-hybridized carbons (Fsp3) is 0.414. The molecule has 1 unspecified atom stereocenters. The van der Waals surface area contributed by atoms with Gasteiger partial charge in [-0.25, -0.2) is 0 Å². The molecule has 0 saturated carbocycles. The fourth-order valence-corrected chi connectivity index (χ4v) is 4.99. The standard InChI is InChI=1S/C29H36N2O2/c1-28(2,31-20-26(21-31)33-22-23-12-6-3-7-13-23)18-19-29(27(30)32,24-14-8-4-9-15-24)25-16-10-5-11-17-25/h3-4,6-10,12-17,26H,5,11,18-22H2,1-2H3,(H2,30,32). The van der Waals surface area contributed by atoms with Crippen LogP contribution in [-0.4, -0.2) is 35.5 Å². The lowest BCUT2D eigenvalue weighted by molar-refractivity contribution is -0.123. The summed E-state index contributed by atoms with van der Waals surface area (Å²) in [4.78, 5) is 15.5. The van der Waals surface area contributed by atoms with Crippen LogP contribution in [0.5, 0.6) is 0 Å². The number of amides is 1. The van der Waals surface area contributed by atoms with Crippen molar-refractivity contribution in [3.63, 3.8) is 0 Å². The van der Waals surface area contributed by atoms with Crippen LogP contribution in [0.3, 0.4) is 0 Å². The number of carbonyl (C=O) groups is 1. The molecular weight excluding hydrogens is 408 g/mol. The van der Waals surface area contributed by atoms with E-state index in [-0.39, 0.29) is 17.6 Å². The Hall–Kier alpha value is -2.69. The van der Waals surface area contributed by atoms with E-state index in [1.807, 2.05) is 48.5 Å².